The molecule has 6 heteroatoms. The maximum atomic E-state index is 13.6. The van der Waals surface area contributed by atoms with Crippen molar-refractivity contribution in [1.29, 1.82) is 0 Å². The minimum Gasteiger partial charge on any atom is -0.478 e. The van der Waals surface area contributed by atoms with E-state index in [1.165, 1.54) is 30.7 Å². The van der Waals surface area contributed by atoms with Crippen molar-refractivity contribution < 1.29 is 14.3 Å². The molecule has 2 aromatic rings. The SMILES string of the molecule is O=C(O)c1cccc(F)c1Sc1ccncn1. The Labute approximate surface area is 101 Å². The molecule has 0 aliphatic carbocycles. The molecule has 86 valence electrons. The van der Waals surface area contributed by atoms with E-state index in [0.717, 1.165) is 11.8 Å². The zero-order valence-electron chi connectivity index (χ0n) is 8.50. The number of carbonyl (C=O) groups is 1. The van der Waals surface area contributed by atoms with Gasteiger partial charge < -0.3 is 5.11 Å². The summed E-state index contributed by atoms with van der Waals surface area (Å²) >= 11 is 0.962. The molecule has 17 heavy (non-hydrogen) atoms. The van der Waals surface area contributed by atoms with Gasteiger partial charge >= 0.3 is 5.97 Å². The lowest BCUT2D eigenvalue weighted by Gasteiger charge is -2.05. The second kappa shape index (κ2) is 4.92. The fraction of sp³-hybridized carbons (Fsp3) is 0. The van der Waals surface area contributed by atoms with Crippen LogP contribution in [0.5, 0.6) is 0 Å². The molecule has 0 bridgehead atoms. The molecule has 1 aromatic carbocycles. The fourth-order valence-corrected chi connectivity index (χ4v) is 2.09. The predicted molar refractivity (Wildman–Crippen MR) is 59.5 cm³/mol. The molecule has 0 amide bonds. The summed E-state index contributed by atoms with van der Waals surface area (Å²) in [5.41, 5.74) is -0.0754. The summed E-state index contributed by atoms with van der Waals surface area (Å²) in [5.74, 6) is -1.74. The van der Waals surface area contributed by atoms with Crippen molar-refractivity contribution in [3.8, 4) is 0 Å². The molecule has 0 unspecified atom stereocenters. The molecule has 0 atom stereocenters. The number of carboxylic acids is 1. The van der Waals surface area contributed by atoms with Crippen LogP contribution in [0.4, 0.5) is 4.39 Å². The molecule has 0 fully saturated rings. The Balaban J connectivity index is 2.41. The Morgan fingerprint density at radius 1 is 1.35 bits per heavy atom. The van der Waals surface area contributed by atoms with Crippen molar-refractivity contribution in [3.63, 3.8) is 0 Å². The third-order valence-corrected chi connectivity index (χ3v) is 3.03. The predicted octanol–water partition coefficient (Wildman–Crippen LogP) is 2.47. The van der Waals surface area contributed by atoms with E-state index < -0.39 is 11.8 Å². The molecule has 0 aliphatic rings. The minimum atomic E-state index is -1.17. The fourth-order valence-electron chi connectivity index (χ4n) is 1.22. The molecule has 0 saturated carbocycles. The minimum absolute atomic E-state index is 0.0544. The van der Waals surface area contributed by atoms with Crippen molar-refractivity contribution in [3.05, 3.63) is 48.2 Å². The smallest absolute Gasteiger partial charge is 0.336 e. The standard InChI is InChI=1S/C11H7FN2O2S/c12-8-3-1-2-7(11(15)16)10(8)17-9-4-5-13-6-14-9/h1-6H,(H,15,16). The second-order valence-corrected chi connectivity index (χ2v) is 4.10. The summed E-state index contributed by atoms with van der Waals surface area (Å²) in [6.45, 7) is 0. The van der Waals surface area contributed by atoms with Gasteiger partial charge in [0.15, 0.2) is 0 Å². The Kier molecular flexibility index (Phi) is 3.34. The molecule has 0 saturated heterocycles. The van der Waals surface area contributed by atoms with Gasteiger partial charge in [-0.15, -0.1) is 0 Å². The number of aromatic carboxylic acids is 1. The molecule has 1 N–H and O–H groups in total. The van der Waals surface area contributed by atoms with Gasteiger partial charge in [-0.2, -0.15) is 0 Å². The lowest BCUT2D eigenvalue weighted by atomic mass is 10.2. The van der Waals surface area contributed by atoms with Crippen LogP contribution < -0.4 is 0 Å². The largest absolute Gasteiger partial charge is 0.478 e. The molecule has 1 aromatic heterocycles. The molecule has 4 nitrogen and oxygen atoms in total. The van der Waals surface area contributed by atoms with E-state index in [1.807, 2.05) is 0 Å². The number of hydrogen-bond donors (Lipinski definition) is 1. The van der Waals surface area contributed by atoms with Gasteiger partial charge in [-0.3, -0.25) is 0 Å². The molecule has 1 heterocycles. The molecule has 0 aliphatic heterocycles. The first-order valence-corrected chi connectivity index (χ1v) is 5.46. The summed E-state index contributed by atoms with van der Waals surface area (Å²) in [6.07, 6.45) is 2.83. The van der Waals surface area contributed by atoms with Crippen LogP contribution in [-0.4, -0.2) is 21.0 Å². The summed E-state index contributed by atoms with van der Waals surface area (Å²) < 4.78 is 13.6. The number of hydrogen-bond acceptors (Lipinski definition) is 4. The first-order valence-electron chi connectivity index (χ1n) is 4.64. The Hall–Kier alpha value is -1.95. The number of nitrogens with zero attached hydrogens (tertiary/aromatic N) is 2. The highest BCUT2D eigenvalue weighted by atomic mass is 32.2. The van der Waals surface area contributed by atoms with Gasteiger partial charge in [0.2, 0.25) is 0 Å². The lowest BCUT2D eigenvalue weighted by molar-refractivity contribution is 0.0692. The highest BCUT2D eigenvalue weighted by molar-refractivity contribution is 7.99. The van der Waals surface area contributed by atoms with E-state index in [4.69, 9.17) is 5.11 Å². The average molecular weight is 250 g/mol. The van der Waals surface area contributed by atoms with Gasteiger partial charge in [0.25, 0.3) is 0 Å². The van der Waals surface area contributed by atoms with Crippen molar-refractivity contribution >= 4 is 17.7 Å². The van der Waals surface area contributed by atoms with Gasteiger partial charge in [0.05, 0.1) is 10.5 Å². The molecule has 0 spiro atoms. The number of benzene rings is 1. The van der Waals surface area contributed by atoms with Crippen LogP contribution in [0.1, 0.15) is 10.4 Å². The number of carboxylic acid groups (broad SMARTS) is 1. The molecule has 2 rings (SSSR count). The highest BCUT2D eigenvalue weighted by Gasteiger charge is 2.15. The Morgan fingerprint density at radius 3 is 2.82 bits per heavy atom. The Morgan fingerprint density at radius 2 is 2.18 bits per heavy atom. The van der Waals surface area contributed by atoms with Gasteiger partial charge in [-0.1, -0.05) is 17.8 Å². The quantitative estimate of drug-likeness (QED) is 0.848. The summed E-state index contributed by atoms with van der Waals surface area (Å²) in [6, 6.07) is 5.52. The van der Waals surface area contributed by atoms with Crippen LogP contribution in [-0.2, 0) is 0 Å². The van der Waals surface area contributed by atoms with Gasteiger partial charge in [0, 0.05) is 6.20 Å². The van der Waals surface area contributed by atoms with Crippen LogP contribution in [0.25, 0.3) is 0 Å². The number of aromatic nitrogens is 2. The zero-order chi connectivity index (χ0) is 12.3. The third kappa shape index (κ3) is 2.59. The third-order valence-electron chi connectivity index (χ3n) is 1.96. The first-order chi connectivity index (χ1) is 8.18. The van der Waals surface area contributed by atoms with Crippen LogP contribution in [0.15, 0.2) is 46.7 Å². The topological polar surface area (TPSA) is 63.1 Å². The van der Waals surface area contributed by atoms with Crippen LogP contribution in [0.2, 0.25) is 0 Å². The van der Waals surface area contributed by atoms with E-state index in [9.17, 15) is 9.18 Å². The summed E-state index contributed by atoms with van der Waals surface area (Å²) in [7, 11) is 0. The monoisotopic (exact) mass is 250 g/mol. The normalized spacial score (nSPS) is 10.2. The van der Waals surface area contributed by atoms with E-state index in [-0.39, 0.29) is 10.5 Å². The molecular formula is C11H7FN2O2S. The van der Waals surface area contributed by atoms with E-state index in [2.05, 4.69) is 9.97 Å². The van der Waals surface area contributed by atoms with E-state index in [0.29, 0.717) is 5.03 Å². The van der Waals surface area contributed by atoms with Crippen LogP contribution >= 0.6 is 11.8 Å². The first kappa shape index (κ1) is 11.5. The van der Waals surface area contributed by atoms with Crippen molar-refractivity contribution in [2.24, 2.45) is 0 Å². The Bertz CT molecular complexity index is 548. The van der Waals surface area contributed by atoms with Crippen LogP contribution in [0, 0.1) is 5.82 Å². The zero-order valence-corrected chi connectivity index (χ0v) is 9.32. The number of rotatable bonds is 3. The summed E-state index contributed by atoms with van der Waals surface area (Å²) in [4.78, 5) is 18.6. The number of halogens is 1. The van der Waals surface area contributed by atoms with E-state index >= 15 is 0 Å². The van der Waals surface area contributed by atoms with Crippen molar-refractivity contribution in [2.45, 2.75) is 9.92 Å². The van der Waals surface area contributed by atoms with E-state index in [1.54, 1.807) is 6.07 Å². The average Bonchev–Trinajstić information content (AvgIpc) is 2.33. The second-order valence-electron chi connectivity index (χ2n) is 3.07. The van der Waals surface area contributed by atoms with Gasteiger partial charge in [-0.25, -0.2) is 19.2 Å². The van der Waals surface area contributed by atoms with Gasteiger partial charge in [0.1, 0.15) is 17.2 Å². The van der Waals surface area contributed by atoms with Crippen molar-refractivity contribution in [2.75, 3.05) is 0 Å². The lowest BCUT2D eigenvalue weighted by Crippen LogP contribution is -2.00. The van der Waals surface area contributed by atoms with Gasteiger partial charge in [-0.05, 0) is 18.2 Å². The molecular weight excluding hydrogens is 243 g/mol. The maximum absolute atomic E-state index is 13.6. The molecule has 0 radical (unpaired) electrons. The van der Waals surface area contributed by atoms with Crippen molar-refractivity contribution in [1.82, 2.24) is 9.97 Å². The summed E-state index contributed by atoms with van der Waals surface area (Å²) in [5, 5.41) is 9.45. The van der Waals surface area contributed by atoms with Crippen LogP contribution in [0.3, 0.4) is 0 Å². The highest BCUT2D eigenvalue weighted by Crippen LogP contribution is 2.31. The maximum Gasteiger partial charge on any atom is 0.336 e.